The lowest BCUT2D eigenvalue weighted by atomic mass is 10.2. The van der Waals surface area contributed by atoms with E-state index < -0.39 is 16.9 Å². The van der Waals surface area contributed by atoms with E-state index in [1.165, 1.54) is 24.3 Å². The minimum Gasteiger partial charge on any atom is -0.478 e. The van der Waals surface area contributed by atoms with Crippen LogP contribution >= 0.6 is 0 Å². The number of rotatable bonds is 3. The van der Waals surface area contributed by atoms with Crippen LogP contribution in [0.1, 0.15) is 10.4 Å². The minimum atomic E-state index is -2.70. The number of aromatic carboxylic acids is 1. The summed E-state index contributed by atoms with van der Waals surface area (Å²) in [4.78, 5) is 10.4. The maximum atomic E-state index is 10.4. The lowest BCUT2D eigenvalue weighted by molar-refractivity contribution is 0.0697. The molecule has 0 aliphatic rings. The molecule has 0 fully saturated rings. The molecular formula is C7H7NO4S. The van der Waals surface area contributed by atoms with E-state index in [1.807, 2.05) is 0 Å². The summed E-state index contributed by atoms with van der Waals surface area (Å²) in [7, 11) is -2.70. The Bertz CT molecular complexity index is 374. The molecule has 5 nitrogen and oxygen atoms in total. The molecule has 0 bridgehead atoms. The number of hydrogen-bond acceptors (Lipinski definition) is 3. The highest BCUT2D eigenvalue weighted by molar-refractivity contribution is 7.73. The van der Waals surface area contributed by atoms with Crippen LogP contribution in [0.25, 0.3) is 0 Å². The molecule has 0 spiro atoms. The van der Waals surface area contributed by atoms with Crippen molar-refractivity contribution in [2.45, 2.75) is 0 Å². The first kappa shape index (κ1) is 9.53. The normalized spacial score (nSPS) is 9.92. The van der Waals surface area contributed by atoms with E-state index in [9.17, 15) is 13.2 Å². The van der Waals surface area contributed by atoms with E-state index in [1.54, 1.807) is 0 Å². The van der Waals surface area contributed by atoms with Crippen molar-refractivity contribution >= 4 is 22.5 Å². The van der Waals surface area contributed by atoms with E-state index >= 15 is 0 Å². The summed E-state index contributed by atoms with van der Waals surface area (Å²) in [6.45, 7) is 0. The molecule has 0 unspecified atom stereocenters. The fraction of sp³-hybridized carbons (Fsp3) is 0. The number of nitrogens with one attached hydrogen (secondary N) is 1. The van der Waals surface area contributed by atoms with Crippen LogP contribution in [0.5, 0.6) is 0 Å². The summed E-state index contributed by atoms with van der Waals surface area (Å²) in [6, 6.07) is 5.41. The van der Waals surface area contributed by atoms with Gasteiger partial charge in [0.15, 0.2) is 0 Å². The summed E-state index contributed by atoms with van der Waals surface area (Å²) < 4.78 is 22.5. The number of carbonyl (C=O) groups is 1. The van der Waals surface area contributed by atoms with Gasteiger partial charge in [0.05, 0.1) is 5.56 Å². The van der Waals surface area contributed by atoms with Crippen LogP contribution in [0.3, 0.4) is 0 Å². The molecule has 0 saturated heterocycles. The van der Waals surface area contributed by atoms with Crippen molar-refractivity contribution in [2.24, 2.45) is 0 Å². The standard InChI is InChI=1S/C7H7NO4S/c9-7(10)5-1-3-6(4-2-5)8-13(11)12/h1-4,13H,(H,9,10)(H,8,11,12). The lowest BCUT2D eigenvalue weighted by Gasteiger charge is -1.98. The maximum Gasteiger partial charge on any atom is 0.335 e. The number of hydrogen-bond donors (Lipinski definition) is 3. The van der Waals surface area contributed by atoms with Crippen molar-refractivity contribution in [3.63, 3.8) is 0 Å². The van der Waals surface area contributed by atoms with Gasteiger partial charge in [-0.3, -0.25) is 4.72 Å². The van der Waals surface area contributed by atoms with Gasteiger partial charge in [0.1, 0.15) is 0 Å². The van der Waals surface area contributed by atoms with Gasteiger partial charge in [-0.2, -0.15) is 0 Å². The summed E-state index contributed by atoms with van der Waals surface area (Å²) in [5.74, 6) is -1.04. The molecule has 0 atom stereocenters. The molecule has 0 aromatic heterocycles. The van der Waals surface area contributed by atoms with E-state index in [0.717, 1.165) is 0 Å². The van der Waals surface area contributed by atoms with Crippen molar-refractivity contribution in [2.75, 3.05) is 4.72 Å². The van der Waals surface area contributed by atoms with Gasteiger partial charge in [-0.1, -0.05) is 0 Å². The zero-order chi connectivity index (χ0) is 9.84. The predicted octanol–water partition coefficient (Wildman–Crippen LogP) is 0.323. The highest BCUT2D eigenvalue weighted by Gasteiger charge is 2.00. The molecule has 1 aromatic carbocycles. The highest BCUT2D eigenvalue weighted by Crippen LogP contribution is 2.08. The summed E-state index contributed by atoms with van der Waals surface area (Å²) in [5.41, 5.74) is 0.466. The minimum absolute atomic E-state index is 0.117. The fourth-order valence-corrected chi connectivity index (χ4v) is 1.15. The molecule has 0 aliphatic heterocycles. The Balaban J connectivity index is 2.87. The molecule has 1 rings (SSSR count). The third-order valence-corrected chi connectivity index (χ3v) is 1.79. The van der Waals surface area contributed by atoms with Crippen LogP contribution in [0.2, 0.25) is 0 Å². The molecule has 70 valence electrons. The van der Waals surface area contributed by atoms with Gasteiger partial charge in [0.2, 0.25) is 10.9 Å². The first-order valence-electron chi connectivity index (χ1n) is 3.34. The number of thiol groups is 1. The van der Waals surface area contributed by atoms with Gasteiger partial charge in [-0.15, -0.1) is 0 Å². The van der Waals surface area contributed by atoms with Gasteiger partial charge in [-0.05, 0) is 24.3 Å². The van der Waals surface area contributed by atoms with Crippen molar-refractivity contribution in [3.05, 3.63) is 29.8 Å². The second-order valence-electron chi connectivity index (χ2n) is 2.25. The van der Waals surface area contributed by atoms with Crippen molar-refractivity contribution in [1.82, 2.24) is 0 Å². The smallest absolute Gasteiger partial charge is 0.335 e. The van der Waals surface area contributed by atoms with E-state index in [4.69, 9.17) is 5.11 Å². The fourth-order valence-electron chi connectivity index (χ4n) is 0.793. The summed E-state index contributed by atoms with van der Waals surface area (Å²) >= 11 is 0. The maximum absolute atomic E-state index is 10.4. The second kappa shape index (κ2) is 3.90. The molecule has 13 heavy (non-hydrogen) atoms. The van der Waals surface area contributed by atoms with Crippen LogP contribution < -0.4 is 4.72 Å². The summed E-state index contributed by atoms with van der Waals surface area (Å²) in [5, 5.41) is 8.52. The number of carboxylic acid groups (broad SMARTS) is 1. The molecule has 2 N–H and O–H groups in total. The quantitative estimate of drug-likeness (QED) is 0.615. The van der Waals surface area contributed by atoms with Crippen LogP contribution in [0.4, 0.5) is 5.69 Å². The van der Waals surface area contributed by atoms with Crippen molar-refractivity contribution < 1.29 is 18.3 Å². The largest absolute Gasteiger partial charge is 0.478 e. The molecule has 0 amide bonds. The van der Waals surface area contributed by atoms with Gasteiger partial charge in [-0.25, -0.2) is 13.2 Å². The van der Waals surface area contributed by atoms with Gasteiger partial charge < -0.3 is 5.11 Å². The van der Waals surface area contributed by atoms with Crippen LogP contribution in [-0.4, -0.2) is 19.5 Å². The van der Waals surface area contributed by atoms with Gasteiger partial charge >= 0.3 is 5.97 Å². The Morgan fingerprint density at radius 3 is 2.15 bits per heavy atom. The molecular weight excluding hydrogens is 194 g/mol. The van der Waals surface area contributed by atoms with E-state index in [2.05, 4.69) is 4.72 Å². The molecule has 0 saturated carbocycles. The molecule has 0 radical (unpaired) electrons. The zero-order valence-electron chi connectivity index (χ0n) is 6.43. The summed E-state index contributed by atoms with van der Waals surface area (Å²) in [6.07, 6.45) is 0. The van der Waals surface area contributed by atoms with Crippen LogP contribution in [0.15, 0.2) is 24.3 Å². The Labute approximate surface area is 76.1 Å². The third-order valence-electron chi connectivity index (χ3n) is 1.35. The van der Waals surface area contributed by atoms with Crippen LogP contribution in [0, 0.1) is 0 Å². The van der Waals surface area contributed by atoms with Gasteiger partial charge in [0, 0.05) is 5.69 Å². The number of carboxylic acids is 1. The Hall–Kier alpha value is -1.56. The molecule has 1 aromatic rings. The zero-order valence-corrected chi connectivity index (χ0v) is 7.32. The Morgan fingerprint density at radius 2 is 1.77 bits per heavy atom. The number of benzene rings is 1. The molecule has 0 heterocycles. The average molecular weight is 201 g/mol. The second-order valence-corrected chi connectivity index (χ2v) is 2.99. The first-order valence-corrected chi connectivity index (χ1v) is 4.52. The third kappa shape index (κ3) is 2.75. The first-order chi connectivity index (χ1) is 6.09. The van der Waals surface area contributed by atoms with Crippen molar-refractivity contribution in [3.8, 4) is 0 Å². The Kier molecular flexibility index (Phi) is 2.86. The van der Waals surface area contributed by atoms with E-state index in [-0.39, 0.29) is 5.56 Å². The predicted molar refractivity (Wildman–Crippen MR) is 47.3 cm³/mol. The molecule has 6 heteroatoms. The van der Waals surface area contributed by atoms with E-state index in [0.29, 0.717) is 5.69 Å². The number of anilines is 1. The highest BCUT2D eigenvalue weighted by atomic mass is 32.2. The molecule has 0 aliphatic carbocycles. The monoisotopic (exact) mass is 201 g/mol. The topological polar surface area (TPSA) is 83.5 Å². The SMILES string of the molecule is O=C(O)c1ccc(N[SH](=O)=O)cc1. The lowest BCUT2D eigenvalue weighted by Crippen LogP contribution is -1.98. The Morgan fingerprint density at radius 1 is 1.23 bits per heavy atom. The van der Waals surface area contributed by atoms with Crippen molar-refractivity contribution in [1.29, 1.82) is 0 Å². The van der Waals surface area contributed by atoms with Crippen LogP contribution in [-0.2, 0) is 10.9 Å². The average Bonchev–Trinajstić information content (AvgIpc) is 2.04. The van der Waals surface area contributed by atoms with Gasteiger partial charge in [0.25, 0.3) is 0 Å².